The predicted molar refractivity (Wildman–Crippen MR) is 228 cm³/mol. The van der Waals surface area contributed by atoms with Crippen molar-refractivity contribution in [2.75, 3.05) is 0 Å². The summed E-state index contributed by atoms with van der Waals surface area (Å²) in [6.45, 7) is 20.1. The molecule has 5 aliphatic rings. The van der Waals surface area contributed by atoms with E-state index in [4.69, 9.17) is 0 Å². The number of carboxylic acid groups (broad SMARTS) is 2. The lowest BCUT2D eigenvalue weighted by atomic mass is 9.36. The van der Waals surface area contributed by atoms with Crippen molar-refractivity contribution in [1.29, 1.82) is 0 Å². The molecule has 1 heterocycles. The maximum absolute atomic E-state index is 12.6. The molecular formula is C50H63NO4. The van der Waals surface area contributed by atoms with Crippen LogP contribution in [0.5, 0.6) is 0 Å². The molecule has 0 saturated heterocycles. The summed E-state index contributed by atoms with van der Waals surface area (Å²) >= 11 is 0. The van der Waals surface area contributed by atoms with Crippen molar-refractivity contribution in [3.8, 4) is 36.8 Å². The molecule has 5 heteroatoms. The topological polar surface area (TPSA) is 87.5 Å². The van der Waals surface area contributed by atoms with Crippen molar-refractivity contribution >= 4 is 28.4 Å². The van der Waals surface area contributed by atoms with Crippen LogP contribution in [-0.2, 0) is 4.79 Å². The highest BCUT2D eigenvalue weighted by Crippen LogP contribution is 2.73. The number of hydrogen-bond acceptors (Lipinski definition) is 3. The van der Waals surface area contributed by atoms with Gasteiger partial charge < -0.3 is 10.2 Å². The summed E-state index contributed by atoms with van der Waals surface area (Å²) in [6, 6.07) is 15.9. The fraction of sp³-hybridized carbons (Fsp3) is 0.500. The maximum atomic E-state index is 12.6. The van der Waals surface area contributed by atoms with Crippen LogP contribution in [0.4, 0.5) is 0 Å². The normalized spacial score (nSPS) is 32.0. The fourth-order valence-corrected chi connectivity index (χ4v) is 13.1. The van der Waals surface area contributed by atoms with E-state index in [0.29, 0.717) is 51.6 Å². The van der Waals surface area contributed by atoms with E-state index in [1.807, 2.05) is 38.1 Å². The van der Waals surface area contributed by atoms with E-state index in [0.717, 1.165) is 44.1 Å². The first-order chi connectivity index (χ1) is 26.4. The third-order valence-electron chi connectivity index (χ3n) is 15.0. The monoisotopic (exact) mass is 741 g/mol. The molecule has 0 spiro atoms. The Balaban J connectivity index is 0.000000792. The van der Waals surface area contributed by atoms with Crippen molar-refractivity contribution in [2.45, 2.75) is 106 Å². The number of carboxylic acids is 2. The zero-order valence-corrected chi connectivity index (χ0v) is 34.1. The van der Waals surface area contributed by atoms with Gasteiger partial charge in [0.25, 0.3) is 0 Å². The summed E-state index contributed by atoms with van der Waals surface area (Å²) in [5.74, 6) is 1.37. The molecule has 0 radical (unpaired) electrons. The number of para-hydroxylation sites is 1. The second-order valence-electron chi connectivity index (χ2n) is 17.0. The predicted octanol–water partition coefficient (Wildman–Crippen LogP) is 12.5. The van der Waals surface area contributed by atoms with Crippen molar-refractivity contribution in [3.05, 3.63) is 85.1 Å². The Morgan fingerprint density at radius 2 is 1.38 bits per heavy atom. The van der Waals surface area contributed by atoms with Gasteiger partial charge in [0.2, 0.25) is 0 Å². The van der Waals surface area contributed by atoms with Crippen LogP contribution in [0.3, 0.4) is 0 Å². The molecule has 1 aromatic heterocycles. The maximum Gasteiger partial charge on any atom is 0.337 e. The summed E-state index contributed by atoms with van der Waals surface area (Å²) in [4.78, 5) is 29.6. The average Bonchev–Trinajstić information content (AvgIpc) is 3.67. The zero-order valence-electron chi connectivity index (χ0n) is 34.1. The molecule has 0 aliphatic heterocycles. The van der Waals surface area contributed by atoms with E-state index >= 15 is 0 Å². The van der Waals surface area contributed by atoms with Crippen LogP contribution in [-0.4, -0.2) is 27.1 Å². The number of hydrogen-bond donors (Lipinski definition) is 2. The molecule has 8 atom stereocenters. The summed E-state index contributed by atoms with van der Waals surface area (Å²) in [5.41, 5.74) is 5.19. The molecule has 5 nitrogen and oxygen atoms in total. The van der Waals surface area contributed by atoms with Gasteiger partial charge in [-0.2, -0.15) is 0 Å². The van der Waals surface area contributed by atoms with Crippen LogP contribution in [0.25, 0.3) is 27.6 Å². The lowest BCUT2D eigenvalue weighted by Gasteiger charge is -2.68. The van der Waals surface area contributed by atoms with Gasteiger partial charge in [0, 0.05) is 17.1 Å². The lowest BCUT2D eigenvalue weighted by molar-refractivity contribution is -0.187. The second kappa shape index (κ2) is 17.0. The molecule has 4 fully saturated rings. The first-order valence-electron chi connectivity index (χ1n) is 20.2. The summed E-state index contributed by atoms with van der Waals surface area (Å²) in [6.07, 6.45) is 31.3. The SMILES string of the molecule is C#C.C#C.C=C.CC.CC1(C)C(c2ccc(-c3cnc4ccccc4c3C(=O)O)cc2)=CC[C@@]2(C)C1CC[C@@]1(C)C3CC[C@@]4(C(=O)O)CCCC4[C@H]3CCC12. The highest BCUT2D eigenvalue weighted by atomic mass is 16.4. The minimum absolute atomic E-state index is 0.0000957. The molecular weight excluding hydrogens is 679 g/mol. The molecule has 55 heavy (non-hydrogen) atoms. The molecule has 4 saturated carbocycles. The fourth-order valence-electron chi connectivity index (χ4n) is 13.1. The highest BCUT2D eigenvalue weighted by Gasteiger charge is 2.66. The summed E-state index contributed by atoms with van der Waals surface area (Å²) < 4.78 is 0. The van der Waals surface area contributed by atoms with Crippen LogP contribution in [0.1, 0.15) is 122 Å². The minimum Gasteiger partial charge on any atom is -0.481 e. The Morgan fingerprint density at radius 3 is 2.02 bits per heavy atom. The minimum atomic E-state index is -0.936. The van der Waals surface area contributed by atoms with E-state index in [9.17, 15) is 19.8 Å². The third-order valence-corrected chi connectivity index (χ3v) is 15.0. The first kappa shape index (κ1) is 43.1. The molecule has 0 bridgehead atoms. The lowest BCUT2D eigenvalue weighted by Crippen LogP contribution is -2.61. The molecule has 2 aromatic carbocycles. The molecule has 5 aliphatic carbocycles. The molecule has 4 unspecified atom stereocenters. The van der Waals surface area contributed by atoms with E-state index in [1.165, 1.54) is 36.8 Å². The van der Waals surface area contributed by atoms with E-state index in [2.05, 4.69) is 102 Å². The molecule has 292 valence electrons. The Morgan fingerprint density at radius 1 is 0.745 bits per heavy atom. The Kier molecular flexibility index (Phi) is 13.4. The molecule has 2 N–H and O–H groups in total. The number of aromatic carboxylic acids is 1. The number of terminal acetylenes is 2. The number of benzene rings is 2. The molecule has 3 aromatic rings. The third kappa shape index (κ3) is 6.84. The van der Waals surface area contributed by atoms with Gasteiger partial charge in [-0.15, -0.1) is 38.9 Å². The van der Waals surface area contributed by atoms with Gasteiger partial charge in [-0.1, -0.05) is 96.5 Å². The molecule has 0 amide bonds. The summed E-state index contributed by atoms with van der Waals surface area (Å²) in [7, 11) is 0. The van der Waals surface area contributed by atoms with Gasteiger partial charge in [-0.3, -0.25) is 9.78 Å². The molecule has 8 rings (SSSR count). The van der Waals surface area contributed by atoms with Crippen molar-refractivity contribution < 1.29 is 19.8 Å². The Hall–Kier alpha value is -4.61. The van der Waals surface area contributed by atoms with Gasteiger partial charge in [0.05, 0.1) is 16.5 Å². The van der Waals surface area contributed by atoms with Crippen molar-refractivity contribution in [1.82, 2.24) is 4.98 Å². The first-order valence-corrected chi connectivity index (χ1v) is 20.2. The summed E-state index contributed by atoms with van der Waals surface area (Å²) in [5, 5.41) is 21.2. The van der Waals surface area contributed by atoms with E-state index < -0.39 is 17.4 Å². The number of pyridine rings is 1. The van der Waals surface area contributed by atoms with Gasteiger partial charge >= 0.3 is 11.9 Å². The van der Waals surface area contributed by atoms with Crippen LogP contribution >= 0.6 is 0 Å². The van der Waals surface area contributed by atoms with Crippen molar-refractivity contribution in [3.63, 3.8) is 0 Å². The zero-order chi connectivity index (χ0) is 40.9. The van der Waals surface area contributed by atoms with Gasteiger partial charge in [-0.25, -0.2) is 4.79 Å². The number of carbonyl (C=O) groups is 2. The quantitative estimate of drug-likeness (QED) is 0.205. The number of nitrogens with zero attached hydrogens (tertiary/aromatic N) is 1. The van der Waals surface area contributed by atoms with Crippen LogP contribution in [0.2, 0.25) is 0 Å². The number of fused-ring (bicyclic) bond motifs is 8. The number of aromatic nitrogens is 1. The number of rotatable bonds is 4. The average molecular weight is 742 g/mol. The highest BCUT2D eigenvalue weighted by molar-refractivity contribution is 6.08. The Labute approximate surface area is 331 Å². The standard InChI is InChI=1S/C42H49NO4.C2H6.C2H4.2C2H2/c1-39(2)30(26-13-11-25(12-14-26)29-24-43-33-10-6-5-8-28(33)36(29)37(44)45)17-21-41(4)34(39)19-22-40(3)31-18-23-42(38(46)47)20-7-9-32(42)27(31)15-16-35(40)41;4*1-2/h5-6,8,10-14,17,24,27,31-32,34-35H,7,9,15-16,18-23H2,1-4H3,(H,44,45)(H,46,47);1-2H3;1-2H2;2*1-2H/t27-,31?,32?,34?,35?,40-,41-,42-;;;;/m0..../s1. The van der Waals surface area contributed by atoms with Crippen LogP contribution in [0, 0.1) is 76.9 Å². The number of aliphatic carboxylic acids is 1. The van der Waals surface area contributed by atoms with Gasteiger partial charge in [-0.05, 0) is 126 Å². The smallest absolute Gasteiger partial charge is 0.337 e. The van der Waals surface area contributed by atoms with E-state index in [1.54, 1.807) is 6.20 Å². The van der Waals surface area contributed by atoms with Crippen LogP contribution in [0.15, 0.2) is 74.0 Å². The second-order valence-corrected chi connectivity index (χ2v) is 17.0. The van der Waals surface area contributed by atoms with Gasteiger partial charge in [0.1, 0.15) is 0 Å². The van der Waals surface area contributed by atoms with Crippen LogP contribution < -0.4 is 0 Å². The van der Waals surface area contributed by atoms with E-state index in [-0.39, 0.29) is 16.2 Å². The largest absolute Gasteiger partial charge is 0.481 e. The number of allylic oxidation sites excluding steroid dienone is 2. The Bertz CT molecular complexity index is 1910. The van der Waals surface area contributed by atoms with Crippen molar-refractivity contribution in [2.24, 2.45) is 51.2 Å². The van der Waals surface area contributed by atoms with Gasteiger partial charge in [0.15, 0.2) is 0 Å².